The number of nitrogens with one attached hydrogen (secondary N) is 1. The number of rotatable bonds is 3. The van der Waals surface area contributed by atoms with Crippen molar-refractivity contribution in [2.45, 2.75) is 6.54 Å². The van der Waals surface area contributed by atoms with Gasteiger partial charge in [0.1, 0.15) is 0 Å². The summed E-state index contributed by atoms with van der Waals surface area (Å²) in [4.78, 5) is 8.35. The summed E-state index contributed by atoms with van der Waals surface area (Å²) in [5.74, 6) is 0. The lowest BCUT2D eigenvalue weighted by Gasteiger charge is -2.06. The molecule has 2 heterocycles. The fourth-order valence-corrected chi connectivity index (χ4v) is 2.35. The van der Waals surface area contributed by atoms with E-state index in [9.17, 15) is 0 Å². The van der Waals surface area contributed by atoms with Gasteiger partial charge in [0.2, 0.25) is 0 Å². The van der Waals surface area contributed by atoms with Crippen molar-refractivity contribution in [2.24, 2.45) is 0 Å². The van der Waals surface area contributed by atoms with Gasteiger partial charge in [0, 0.05) is 27.5 Å². The Labute approximate surface area is 111 Å². The highest BCUT2D eigenvalue weighted by atomic mass is 79.9. The largest absolute Gasteiger partial charge is 0.378 e. The van der Waals surface area contributed by atoms with Crippen molar-refractivity contribution in [3.05, 3.63) is 51.4 Å². The molecule has 0 saturated carbocycles. The second-order valence-electron chi connectivity index (χ2n) is 3.18. The molecule has 0 spiro atoms. The second kappa shape index (κ2) is 5.41. The van der Waals surface area contributed by atoms with Crippen LogP contribution >= 0.6 is 31.9 Å². The highest BCUT2D eigenvalue weighted by Gasteiger charge is 2.01. The Kier molecular flexibility index (Phi) is 3.90. The summed E-state index contributed by atoms with van der Waals surface area (Å²) in [6, 6.07) is 5.85. The lowest BCUT2D eigenvalue weighted by molar-refractivity contribution is 1.02. The third-order valence-corrected chi connectivity index (χ3v) is 3.13. The maximum atomic E-state index is 4.32. The molecule has 2 rings (SSSR count). The van der Waals surface area contributed by atoms with Crippen LogP contribution in [-0.2, 0) is 6.54 Å². The Morgan fingerprint density at radius 1 is 1.25 bits per heavy atom. The van der Waals surface area contributed by atoms with Gasteiger partial charge in [-0.3, -0.25) is 9.97 Å². The van der Waals surface area contributed by atoms with Crippen molar-refractivity contribution >= 4 is 37.5 Å². The van der Waals surface area contributed by atoms with Gasteiger partial charge in [0.25, 0.3) is 0 Å². The van der Waals surface area contributed by atoms with Crippen molar-refractivity contribution in [1.29, 1.82) is 0 Å². The first kappa shape index (κ1) is 11.5. The SMILES string of the molecule is Brc1cnc(CNc2cccnc2)c(Br)c1. The van der Waals surface area contributed by atoms with Gasteiger partial charge in [-0.2, -0.15) is 0 Å². The number of aromatic nitrogens is 2. The highest BCUT2D eigenvalue weighted by Crippen LogP contribution is 2.20. The number of hydrogen-bond donors (Lipinski definition) is 1. The number of halogens is 2. The van der Waals surface area contributed by atoms with Crippen LogP contribution in [0.1, 0.15) is 5.69 Å². The lowest BCUT2D eigenvalue weighted by atomic mass is 10.3. The van der Waals surface area contributed by atoms with E-state index in [2.05, 4.69) is 47.1 Å². The predicted molar refractivity (Wildman–Crippen MR) is 71.2 cm³/mol. The molecule has 0 aromatic carbocycles. The third-order valence-electron chi connectivity index (χ3n) is 2.01. The fraction of sp³-hybridized carbons (Fsp3) is 0.0909. The van der Waals surface area contributed by atoms with Gasteiger partial charge in [-0.1, -0.05) is 0 Å². The molecule has 0 aliphatic carbocycles. The Morgan fingerprint density at radius 3 is 2.81 bits per heavy atom. The molecule has 3 nitrogen and oxygen atoms in total. The summed E-state index contributed by atoms with van der Waals surface area (Å²) in [5, 5.41) is 3.25. The summed E-state index contributed by atoms with van der Waals surface area (Å²) >= 11 is 6.84. The van der Waals surface area contributed by atoms with E-state index in [-0.39, 0.29) is 0 Å². The molecule has 0 bridgehead atoms. The molecule has 0 aliphatic rings. The number of pyridine rings is 2. The minimum absolute atomic E-state index is 0.666. The number of nitrogens with zero attached hydrogens (tertiary/aromatic N) is 2. The van der Waals surface area contributed by atoms with E-state index in [1.807, 2.05) is 18.2 Å². The average molecular weight is 343 g/mol. The molecule has 5 heteroatoms. The van der Waals surface area contributed by atoms with Crippen LogP contribution in [-0.4, -0.2) is 9.97 Å². The maximum absolute atomic E-state index is 4.32. The first-order valence-electron chi connectivity index (χ1n) is 4.69. The van der Waals surface area contributed by atoms with Gasteiger partial charge < -0.3 is 5.32 Å². The van der Waals surface area contributed by atoms with E-state index in [0.29, 0.717) is 6.54 Å². The molecule has 0 saturated heterocycles. The van der Waals surface area contributed by atoms with Crippen molar-refractivity contribution < 1.29 is 0 Å². The van der Waals surface area contributed by atoms with E-state index >= 15 is 0 Å². The molecular weight excluding hydrogens is 334 g/mol. The van der Waals surface area contributed by atoms with Gasteiger partial charge in [-0.15, -0.1) is 0 Å². The number of hydrogen-bond acceptors (Lipinski definition) is 3. The maximum Gasteiger partial charge on any atom is 0.0737 e. The molecule has 1 N–H and O–H groups in total. The smallest absolute Gasteiger partial charge is 0.0737 e. The fourth-order valence-electron chi connectivity index (χ4n) is 1.23. The molecule has 0 radical (unpaired) electrons. The van der Waals surface area contributed by atoms with Crippen molar-refractivity contribution in [3.8, 4) is 0 Å². The summed E-state index contributed by atoms with van der Waals surface area (Å²) in [6.45, 7) is 0.666. The topological polar surface area (TPSA) is 37.8 Å². The van der Waals surface area contributed by atoms with Crippen LogP contribution in [0.2, 0.25) is 0 Å². The third kappa shape index (κ3) is 3.02. The van der Waals surface area contributed by atoms with E-state index in [4.69, 9.17) is 0 Å². The van der Waals surface area contributed by atoms with Crippen LogP contribution in [0.4, 0.5) is 5.69 Å². The average Bonchev–Trinajstić information content (AvgIpc) is 2.29. The van der Waals surface area contributed by atoms with Gasteiger partial charge in [-0.05, 0) is 50.1 Å². The van der Waals surface area contributed by atoms with E-state index < -0.39 is 0 Å². The van der Waals surface area contributed by atoms with Crippen LogP contribution < -0.4 is 5.32 Å². The summed E-state index contributed by atoms with van der Waals surface area (Å²) in [5.41, 5.74) is 1.95. The molecule has 16 heavy (non-hydrogen) atoms. The van der Waals surface area contributed by atoms with Crippen LogP contribution in [0.5, 0.6) is 0 Å². The Bertz CT molecular complexity index is 474. The van der Waals surface area contributed by atoms with Crippen molar-refractivity contribution in [2.75, 3.05) is 5.32 Å². The number of anilines is 1. The monoisotopic (exact) mass is 341 g/mol. The van der Waals surface area contributed by atoms with Gasteiger partial charge >= 0.3 is 0 Å². The Balaban J connectivity index is 2.05. The first-order valence-corrected chi connectivity index (χ1v) is 6.28. The van der Waals surface area contributed by atoms with E-state index in [1.54, 1.807) is 18.6 Å². The van der Waals surface area contributed by atoms with Crippen molar-refractivity contribution in [3.63, 3.8) is 0 Å². The zero-order chi connectivity index (χ0) is 11.4. The predicted octanol–water partition coefficient (Wildman–Crippen LogP) is 3.61. The summed E-state index contributed by atoms with van der Waals surface area (Å²) in [6.07, 6.45) is 5.32. The molecule has 2 aromatic rings. The molecule has 0 amide bonds. The quantitative estimate of drug-likeness (QED) is 0.925. The summed E-state index contributed by atoms with van der Waals surface area (Å²) in [7, 11) is 0. The standard InChI is InChI=1S/C11H9Br2N3/c12-8-4-10(13)11(16-5-8)7-15-9-2-1-3-14-6-9/h1-6,15H,7H2. The minimum Gasteiger partial charge on any atom is -0.378 e. The van der Waals surface area contributed by atoms with Gasteiger partial charge in [-0.25, -0.2) is 0 Å². The Hall–Kier alpha value is -0.940. The van der Waals surface area contributed by atoms with Crippen LogP contribution in [0.3, 0.4) is 0 Å². The van der Waals surface area contributed by atoms with Crippen molar-refractivity contribution in [1.82, 2.24) is 9.97 Å². The van der Waals surface area contributed by atoms with Gasteiger partial charge in [0.05, 0.1) is 17.9 Å². The zero-order valence-corrected chi connectivity index (χ0v) is 11.5. The lowest BCUT2D eigenvalue weighted by Crippen LogP contribution is -2.02. The molecular formula is C11H9Br2N3. The van der Waals surface area contributed by atoms with E-state index in [1.165, 1.54) is 0 Å². The normalized spacial score (nSPS) is 10.1. The Morgan fingerprint density at radius 2 is 2.12 bits per heavy atom. The van der Waals surface area contributed by atoms with Crippen LogP contribution in [0.25, 0.3) is 0 Å². The van der Waals surface area contributed by atoms with Crippen LogP contribution in [0, 0.1) is 0 Å². The molecule has 0 atom stereocenters. The molecule has 82 valence electrons. The second-order valence-corrected chi connectivity index (χ2v) is 4.95. The molecule has 2 aromatic heterocycles. The van der Waals surface area contributed by atoms with Gasteiger partial charge in [0.15, 0.2) is 0 Å². The first-order chi connectivity index (χ1) is 7.75. The minimum atomic E-state index is 0.666. The highest BCUT2D eigenvalue weighted by molar-refractivity contribution is 9.11. The zero-order valence-electron chi connectivity index (χ0n) is 8.32. The molecule has 0 unspecified atom stereocenters. The molecule has 0 aliphatic heterocycles. The van der Waals surface area contributed by atoms with Crippen LogP contribution in [0.15, 0.2) is 45.7 Å². The molecule has 0 fully saturated rings. The summed E-state index contributed by atoms with van der Waals surface area (Å²) < 4.78 is 1.95. The van der Waals surface area contributed by atoms with E-state index in [0.717, 1.165) is 20.3 Å².